The summed E-state index contributed by atoms with van der Waals surface area (Å²) in [5, 5.41) is 3.29. The fraction of sp³-hybridized carbons (Fsp3) is 0.938. The van der Waals surface area contributed by atoms with Crippen LogP contribution < -0.4 is 5.32 Å². The van der Waals surface area contributed by atoms with Crippen molar-refractivity contribution in [1.82, 2.24) is 10.2 Å². The molecule has 0 saturated heterocycles. The first-order valence-electron chi connectivity index (χ1n) is 8.08. The number of carbonyl (C=O) groups excluding carboxylic acids is 1. The number of likely N-dealkylation sites (N-methyl/N-ethyl adjacent to an activating group) is 1. The van der Waals surface area contributed by atoms with E-state index in [1.165, 1.54) is 0 Å². The normalized spacial score (nSPS) is 27.8. The van der Waals surface area contributed by atoms with Crippen LogP contribution in [0.25, 0.3) is 0 Å². The van der Waals surface area contributed by atoms with Gasteiger partial charge in [0.1, 0.15) is 5.54 Å². The second-order valence-corrected chi connectivity index (χ2v) is 6.06. The van der Waals surface area contributed by atoms with Crippen molar-refractivity contribution in [2.75, 3.05) is 27.2 Å². The van der Waals surface area contributed by atoms with E-state index in [2.05, 4.69) is 31.1 Å². The molecule has 0 spiro atoms. The van der Waals surface area contributed by atoms with E-state index in [1.54, 1.807) is 0 Å². The van der Waals surface area contributed by atoms with Gasteiger partial charge in [-0.2, -0.15) is 0 Å². The number of rotatable bonds is 8. The fourth-order valence-corrected chi connectivity index (χ4v) is 3.32. The molecule has 3 unspecified atom stereocenters. The predicted octanol–water partition coefficient (Wildman–Crippen LogP) is 2.43. The molecular formula is C16H32N2O2. The van der Waals surface area contributed by atoms with Gasteiger partial charge in [-0.15, -0.1) is 0 Å². The molecule has 0 amide bonds. The van der Waals surface area contributed by atoms with E-state index in [0.717, 1.165) is 38.6 Å². The highest BCUT2D eigenvalue weighted by Crippen LogP contribution is 2.38. The van der Waals surface area contributed by atoms with Crippen molar-refractivity contribution in [3.8, 4) is 0 Å². The molecule has 118 valence electrons. The highest BCUT2D eigenvalue weighted by Gasteiger charge is 2.48. The smallest absolute Gasteiger partial charge is 0.326 e. The lowest BCUT2D eigenvalue weighted by atomic mass is 9.84. The second kappa shape index (κ2) is 7.99. The zero-order chi connectivity index (χ0) is 15.2. The molecule has 3 atom stereocenters. The molecule has 1 saturated carbocycles. The Kier molecular flexibility index (Phi) is 6.96. The molecule has 1 N–H and O–H groups in total. The zero-order valence-electron chi connectivity index (χ0n) is 13.9. The first-order chi connectivity index (χ1) is 9.51. The quantitative estimate of drug-likeness (QED) is 0.695. The summed E-state index contributed by atoms with van der Waals surface area (Å²) in [6, 6.07) is 0.600. The summed E-state index contributed by atoms with van der Waals surface area (Å²) < 4.78 is 5.31. The van der Waals surface area contributed by atoms with Gasteiger partial charge >= 0.3 is 5.97 Å². The van der Waals surface area contributed by atoms with Crippen LogP contribution in [0.1, 0.15) is 52.9 Å². The number of hydrogen-bond acceptors (Lipinski definition) is 4. The molecular weight excluding hydrogens is 252 g/mol. The van der Waals surface area contributed by atoms with Crippen LogP contribution in [0.3, 0.4) is 0 Å². The van der Waals surface area contributed by atoms with E-state index < -0.39 is 5.54 Å². The van der Waals surface area contributed by atoms with Gasteiger partial charge in [-0.05, 0) is 66.1 Å². The molecule has 20 heavy (non-hydrogen) atoms. The second-order valence-electron chi connectivity index (χ2n) is 6.06. The van der Waals surface area contributed by atoms with Crippen LogP contribution in [0.5, 0.6) is 0 Å². The molecule has 4 heteroatoms. The lowest BCUT2D eigenvalue weighted by Gasteiger charge is -2.34. The Morgan fingerprint density at radius 2 is 2.20 bits per heavy atom. The lowest BCUT2D eigenvalue weighted by molar-refractivity contribution is -0.153. The van der Waals surface area contributed by atoms with Crippen LogP contribution in [0.4, 0.5) is 0 Å². The summed E-state index contributed by atoms with van der Waals surface area (Å²) in [4.78, 5) is 14.7. The van der Waals surface area contributed by atoms with E-state index in [0.29, 0.717) is 18.6 Å². The number of nitrogens with one attached hydrogen (secondary N) is 1. The van der Waals surface area contributed by atoms with Gasteiger partial charge in [0.2, 0.25) is 0 Å². The first kappa shape index (κ1) is 17.4. The highest BCUT2D eigenvalue weighted by atomic mass is 16.5. The molecule has 1 rings (SSSR count). The molecule has 0 aliphatic heterocycles. The van der Waals surface area contributed by atoms with Gasteiger partial charge in [-0.3, -0.25) is 4.79 Å². The fourth-order valence-electron chi connectivity index (χ4n) is 3.32. The van der Waals surface area contributed by atoms with Crippen LogP contribution in [0.2, 0.25) is 0 Å². The van der Waals surface area contributed by atoms with Gasteiger partial charge in [0, 0.05) is 6.04 Å². The van der Waals surface area contributed by atoms with Gasteiger partial charge in [0.05, 0.1) is 6.61 Å². The number of carbonyl (C=O) groups is 1. The minimum Gasteiger partial charge on any atom is -0.465 e. The van der Waals surface area contributed by atoms with Gasteiger partial charge in [0.25, 0.3) is 0 Å². The van der Waals surface area contributed by atoms with E-state index in [4.69, 9.17) is 4.74 Å². The third-order valence-corrected chi connectivity index (χ3v) is 5.08. The number of nitrogens with zero attached hydrogens (tertiary/aromatic N) is 1. The van der Waals surface area contributed by atoms with Crippen molar-refractivity contribution >= 4 is 5.97 Å². The highest BCUT2D eigenvalue weighted by molar-refractivity contribution is 5.81. The molecule has 0 aromatic carbocycles. The predicted molar refractivity (Wildman–Crippen MR) is 82.8 cm³/mol. The van der Waals surface area contributed by atoms with E-state index in [9.17, 15) is 4.79 Å². The Labute approximate surface area is 124 Å². The Morgan fingerprint density at radius 1 is 1.50 bits per heavy atom. The maximum absolute atomic E-state index is 12.3. The maximum Gasteiger partial charge on any atom is 0.326 e. The topological polar surface area (TPSA) is 41.6 Å². The minimum absolute atomic E-state index is 0.0591. The SMILES string of the molecule is CCOC(=O)C1(NC)CCCC1CCN(C)C(C)CC. The van der Waals surface area contributed by atoms with Crippen molar-refractivity contribution in [1.29, 1.82) is 0 Å². The van der Waals surface area contributed by atoms with Crippen LogP contribution in [-0.4, -0.2) is 49.7 Å². The van der Waals surface area contributed by atoms with Gasteiger partial charge < -0.3 is 15.0 Å². The lowest BCUT2D eigenvalue weighted by Crippen LogP contribution is -2.54. The van der Waals surface area contributed by atoms with E-state index >= 15 is 0 Å². The molecule has 0 heterocycles. The van der Waals surface area contributed by atoms with Gasteiger partial charge in [-0.25, -0.2) is 0 Å². The largest absolute Gasteiger partial charge is 0.465 e. The van der Waals surface area contributed by atoms with Crippen molar-refractivity contribution in [2.24, 2.45) is 5.92 Å². The maximum atomic E-state index is 12.3. The van der Waals surface area contributed by atoms with Gasteiger partial charge in [-0.1, -0.05) is 13.3 Å². The number of ether oxygens (including phenoxy) is 1. The van der Waals surface area contributed by atoms with Crippen molar-refractivity contribution < 1.29 is 9.53 Å². The number of hydrogen-bond donors (Lipinski definition) is 1. The van der Waals surface area contributed by atoms with Crippen LogP contribution in [-0.2, 0) is 9.53 Å². The van der Waals surface area contributed by atoms with E-state index in [1.807, 2.05) is 14.0 Å². The van der Waals surface area contributed by atoms with Crippen molar-refractivity contribution in [3.05, 3.63) is 0 Å². The summed E-state index contributed by atoms with van der Waals surface area (Å²) in [5.74, 6) is 0.328. The Hall–Kier alpha value is -0.610. The molecule has 1 fully saturated rings. The third-order valence-electron chi connectivity index (χ3n) is 5.08. The van der Waals surface area contributed by atoms with Gasteiger partial charge in [0.15, 0.2) is 0 Å². The van der Waals surface area contributed by atoms with Crippen LogP contribution >= 0.6 is 0 Å². The summed E-state index contributed by atoms with van der Waals surface area (Å²) >= 11 is 0. The monoisotopic (exact) mass is 284 g/mol. The summed E-state index contributed by atoms with van der Waals surface area (Å²) in [6.45, 7) is 7.85. The Balaban J connectivity index is 2.65. The molecule has 0 aromatic heterocycles. The summed E-state index contributed by atoms with van der Waals surface area (Å²) in [7, 11) is 4.07. The van der Waals surface area contributed by atoms with Crippen LogP contribution in [0, 0.1) is 5.92 Å². The molecule has 4 nitrogen and oxygen atoms in total. The van der Waals surface area contributed by atoms with Crippen LogP contribution in [0.15, 0.2) is 0 Å². The van der Waals surface area contributed by atoms with Crippen molar-refractivity contribution in [2.45, 2.75) is 64.5 Å². The average molecular weight is 284 g/mol. The molecule has 0 radical (unpaired) electrons. The molecule has 1 aliphatic carbocycles. The summed E-state index contributed by atoms with van der Waals surface area (Å²) in [6.07, 6.45) is 5.35. The first-order valence-corrected chi connectivity index (χ1v) is 8.08. The zero-order valence-corrected chi connectivity index (χ0v) is 13.9. The third kappa shape index (κ3) is 3.73. The molecule has 1 aliphatic rings. The average Bonchev–Trinajstić information content (AvgIpc) is 2.88. The minimum atomic E-state index is -0.452. The number of esters is 1. The van der Waals surface area contributed by atoms with E-state index in [-0.39, 0.29) is 5.97 Å². The summed E-state index contributed by atoms with van der Waals surface area (Å²) in [5.41, 5.74) is -0.452. The standard InChI is InChI=1S/C16H32N2O2/c1-6-13(3)18(5)12-10-14-9-8-11-16(14,17-4)15(19)20-7-2/h13-14,17H,6-12H2,1-5H3. The Morgan fingerprint density at radius 3 is 2.75 bits per heavy atom. The van der Waals surface area contributed by atoms with Crippen molar-refractivity contribution in [3.63, 3.8) is 0 Å². The molecule has 0 bridgehead atoms. The molecule has 0 aromatic rings. The Bertz CT molecular complexity index is 309.